The number of hydrogen-bond acceptors (Lipinski definition) is 4. The summed E-state index contributed by atoms with van der Waals surface area (Å²) in [5.41, 5.74) is 0.156. The van der Waals surface area contributed by atoms with Crippen molar-refractivity contribution in [3.8, 4) is 11.5 Å². The molecule has 1 aromatic carbocycles. The average molecular weight is 236 g/mol. The van der Waals surface area contributed by atoms with Gasteiger partial charge in [-0.05, 0) is 19.1 Å². The van der Waals surface area contributed by atoms with Crippen molar-refractivity contribution >= 4 is 5.97 Å². The van der Waals surface area contributed by atoms with Gasteiger partial charge in [-0.2, -0.15) is 4.98 Å². The lowest BCUT2D eigenvalue weighted by Crippen LogP contribution is -2.08. The Hall–Kier alpha value is -2.24. The van der Waals surface area contributed by atoms with E-state index < -0.39 is 17.7 Å². The maximum atomic E-state index is 13.4. The molecule has 1 aromatic heterocycles. The first kappa shape index (κ1) is 11.3. The summed E-state index contributed by atoms with van der Waals surface area (Å²) in [7, 11) is 0. The van der Waals surface area contributed by atoms with Crippen LogP contribution in [0, 0.1) is 5.82 Å². The predicted octanol–water partition coefficient (Wildman–Crippen LogP) is 2.06. The van der Waals surface area contributed by atoms with E-state index in [0.717, 1.165) is 0 Å². The second kappa shape index (κ2) is 4.32. The number of carbonyl (C=O) groups is 1. The SMILES string of the molecule is CC(C(=O)O)c1noc(-c2ccccc2F)n1. The number of halogens is 1. The lowest BCUT2D eigenvalue weighted by molar-refractivity contribution is -0.138. The highest BCUT2D eigenvalue weighted by molar-refractivity contribution is 5.74. The van der Waals surface area contributed by atoms with Crippen LogP contribution in [0.2, 0.25) is 0 Å². The Balaban J connectivity index is 2.37. The third-order valence-corrected chi connectivity index (χ3v) is 2.30. The second-order valence-corrected chi connectivity index (χ2v) is 3.50. The summed E-state index contributed by atoms with van der Waals surface area (Å²) >= 11 is 0. The Morgan fingerprint density at radius 2 is 2.18 bits per heavy atom. The first-order valence-corrected chi connectivity index (χ1v) is 4.91. The molecule has 0 bridgehead atoms. The van der Waals surface area contributed by atoms with Crippen molar-refractivity contribution in [1.29, 1.82) is 0 Å². The molecule has 0 fully saturated rings. The minimum atomic E-state index is -1.06. The van der Waals surface area contributed by atoms with Crippen LogP contribution in [-0.2, 0) is 4.79 Å². The number of hydrogen-bond donors (Lipinski definition) is 1. The van der Waals surface area contributed by atoms with Gasteiger partial charge in [0.2, 0.25) is 0 Å². The third kappa shape index (κ3) is 2.15. The highest BCUT2D eigenvalue weighted by Crippen LogP contribution is 2.22. The van der Waals surface area contributed by atoms with Crippen molar-refractivity contribution in [3.05, 3.63) is 35.9 Å². The normalized spacial score (nSPS) is 12.4. The van der Waals surface area contributed by atoms with Crippen LogP contribution >= 0.6 is 0 Å². The van der Waals surface area contributed by atoms with Gasteiger partial charge in [0, 0.05) is 0 Å². The van der Waals surface area contributed by atoms with Gasteiger partial charge in [-0.15, -0.1) is 0 Å². The maximum Gasteiger partial charge on any atom is 0.314 e. The second-order valence-electron chi connectivity index (χ2n) is 3.50. The Bertz CT molecular complexity index is 553. The average Bonchev–Trinajstić information content (AvgIpc) is 2.77. The molecule has 1 atom stereocenters. The van der Waals surface area contributed by atoms with Crippen molar-refractivity contribution in [1.82, 2.24) is 10.1 Å². The number of carboxylic acid groups (broad SMARTS) is 1. The first-order valence-electron chi connectivity index (χ1n) is 4.91. The van der Waals surface area contributed by atoms with E-state index in [1.54, 1.807) is 6.07 Å². The minimum absolute atomic E-state index is 0.0220. The molecule has 6 heteroatoms. The molecule has 5 nitrogen and oxygen atoms in total. The lowest BCUT2D eigenvalue weighted by atomic mass is 10.2. The van der Waals surface area contributed by atoms with Crippen molar-refractivity contribution in [2.75, 3.05) is 0 Å². The molecule has 0 amide bonds. The molecular weight excluding hydrogens is 227 g/mol. The fourth-order valence-corrected chi connectivity index (χ4v) is 1.27. The molecule has 0 aliphatic rings. The molecule has 2 aromatic rings. The van der Waals surface area contributed by atoms with Gasteiger partial charge in [-0.25, -0.2) is 4.39 Å². The van der Waals surface area contributed by atoms with Crippen LogP contribution < -0.4 is 0 Å². The number of aliphatic carboxylic acids is 1. The number of carboxylic acids is 1. The van der Waals surface area contributed by atoms with Crippen LogP contribution in [0.1, 0.15) is 18.7 Å². The van der Waals surface area contributed by atoms with Gasteiger partial charge in [0.25, 0.3) is 5.89 Å². The Labute approximate surface area is 95.9 Å². The highest BCUT2D eigenvalue weighted by Gasteiger charge is 2.21. The van der Waals surface area contributed by atoms with Crippen LogP contribution in [0.5, 0.6) is 0 Å². The molecule has 2 rings (SSSR count). The van der Waals surface area contributed by atoms with E-state index in [1.807, 2.05) is 0 Å². The van der Waals surface area contributed by atoms with Crippen LogP contribution in [0.25, 0.3) is 11.5 Å². The van der Waals surface area contributed by atoms with E-state index in [1.165, 1.54) is 25.1 Å². The summed E-state index contributed by atoms with van der Waals surface area (Å²) in [6.45, 7) is 1.43. The molecule has 0 saturated heterocycles. The standard InChI is InChI=1S/C11H9FN2O3/c1-6(11(15)16)9-13-10(17-14-9)7-4-2-3-5-8(7)12/h2-6H,1H3,(H,15,16). The van der Waals surface area contributed by atoms with E-state index >= 15 is 0 Å². The molecule has 0 aliphatic heterocycles. The molecule has 1 N–H and O–H groups in total. The minimum Gasteiger partial charge on any atom is -0.481 e. The summed E-state index contributed by atoms with van der Waals surface area (Å²) < 4.78 is 18.2. The highest BCUT2D eigenvalue weighted by atomic mass is 19.1. The fraction of sp³-hybridized carbons (Fsp3) is 0.182. The zero-order chi connectivity index (χ0) is 12.4. The van der Waals surface area contributed by atoms with E-state index in [0.29, 0.717) is 0 Å². The number of aromatic nitrogens is 2. The van der Waals surface area contributed by atoms with Crippen LogP contribution in [0.3, 0.4) is 0 Å². The van der Waals surface area contributed by atoms with Gasteiger partial charge in [0.05, 0.1) is 5.56 Å². The van der Waals surface area contributed by atoms with E-state index in [4.69, 9.17) is 9.63 Å². The summed E-state index contributed by atoms with van der Waals surface area (Å²) in [6.07, 6.45) is 0. The van der Waals surface area contributed by atoms with Gasteiger partial charge in [0.1, 0.15) is 11.7 Å². The molecule has 17 heavy (non-hydrogen) atoms. The summed E-state index contributed by atoms with van der Waals surface area (Å²) in [5.74, 6) is -2.45. The topological polar surface area (TPSA) is 76.2 Å². The van der Waals surface area contributed by atoms with Gasteiger partial charge in [0.15, 0.2) is 5.82 Å². The quantitative estimate of drug-likeness (QED) is 0.882. The molecule has 1 unspecified atom stereocenters. The van der Waals surface area contributed by atoms with Gasteiger partial charge >= 0.3 is 5.97 Å². The molecule has 0 spiro atoms. The number of rotatable bonds is 3. The Kier molecular flexibility index (Phi) is 2.86. The van der Waals surface area contributed by atoms with Gasteiger partial charge in [-0.3, -0.25) is 4.79 Å². The number of nitrogens with zero attached hydrogens (tertiary/aromatic N) is 2. The summed E-state index contributed by atoms with van der Waals surface area (Å²) in [4.78, 5) is 14.6. The zero-order valence-corrected chi connectivity index (χ0v) is 8.92. The molecule has 0 radical (unpaired) electrons. The number of benzene rings is 1. The monoisotopic (exact) mass is 236 g/mol. The Morgan fingerprint density at radius 3 is 2.82 bits per heavy atom. The van der Waals surface area contributed by atoms with Gasteiger partial charge < -0.3 is 9.63 Å². The van der Waals surface area contributed by atoms with E-state index in [2.05, 4.69) is 10.1 Å². The molecule has 0 saturated carbocycles. The summed E-state index contributed by atoms with van der Waals surface area (Å²) in [6, 6.07) is 5.91. The fourth-order valence-electron chi connectivity index (χ4n) is 1.27. The first-order chi connectivity index (χ1) is 8.09. The zero-order valence-electron chi connectivity index (χ0n) is 8.92. The largest absolute Gasteiger partial charge is 0.481 e. The van der Waals surface area contributed by atoms with Crippen LogP contribution in [0.4, 0.5) is 4.39 Å². The van der Waals surface area contributed by atoms with Gasteiger partial charge in [-0.1, -0.05) is 17.3 Å². The predicted molar refractivity (Wildman–Crippen MR) is 55.7 cm³/mol. The van der Waals surface area contributed by atoms with Crippen molar-refractivity contribution in [2.45, 2.75) is 12.8 Å². The van der Waals surface area contributed by atoms with Crippen molar-refractivity contribution in [3.63, 3.8) is 0 Å². The summed E-state index contributed by atoms with van der Waals surface area (Å²) in [5, 5.41) is 12.3. The van der Waals surface area contributed by atoms with Crippen LogP contribution in [-0.4, -0.2) is 21.2 Å². The Morgan fingerprint density at radius 1 is 1.47 bits per heavy atom. The van der Waals surface area contributed by atoms with E-state index in [9.17, 15) is 9.18 Å². The third-order valence-electron chi connectivity index (χ3n) is 2.30. The molecular formula is C11H9FN2O3. The van der Waals surface area contributed by atoms with Crippen LogP contribution in [0.15, 0.2) is 28.8 Å². The van der Waals surface area contributed by atoms with Crippen molar-refractivity contribution in [2.24, 2.45) is 0 Å². The smallest absolute Gasteiger partial charge is 0.314 e. The lowest BCUT2D eigenvalue weighted by Gasteiger charge is -1.97. The van der Waals surface area contributed by atoms with Crippen molar-refractivity contribution < 1.29 is 18.8 Å². The molecule has 1 heterocycles. The maximum absolute atomic E-state index is 13.4. The van der Waals surface area contributed by atoms with E-state index in [-0.39, 0.29) is 17.3 Å². The molecule has 0 aliphatic carbocycles. The molecule has 88 valence electrons.